The Bertz CT molecular complexity index is 893. The molecule has 0 aliphatic rings. The Hall–Kier alpha value is -2.25. The molecule has 1 unspecified atom stereocenters. The Balaban J connectivity index is 1.51. The lowest BCUT2D eigenvalue weighted by molar-refractivity contribution is -0.120. The predicted molar refractivity (Wildman–Crippen MR) is 112 cm³/mol. The minimum absolute atomic E-state index is 0.0101. The fourth-order valence-corrected chi connectivity index (χ4v) is 4.47. The number of nitrogens with one attached hydrogen (secondary N) is 1. The summed E-state index contributed by atoms with van der Waals surface area (Å²) in [6.45, 7) is 2.37. The van der Waals surface area contributed by atoms with Crippen LogP contribution in [0.3, 0.4) is 0 Å². The number of benzene rings is 2. The molecule has 0 fully saturated rings. The van der Waals surface area contributed by atoms with Crippen molar-refractivity contribution in [2.24, 2.45) is 0 Å². The molecule has 1 heterocycles. The SMILES string of the molecule is COc1ccc(CNC(=O)C(C)SCc2nc3ccccc3s2)cc1OC. The number of fused-ring (bicyclic) bond motifs is 1. The van der Waals surface area contributed by atoms with Gasteiger partial charge in [0.25, 0.3) is 0 Å². The van der Waals surface area contributed by atoms with Gasteiger partial charge in [0.15, 0.2) is 11.5 Å². The van der Waals surface area contributed by atoms with Crippen molar-refractivity contribution in [1.29, 1.82) is 0 Å². The number of carbonyl (C=O) groups excluding carboxylic acids is 1. The molecule has 3 rings (SSSR count). The molecular formula is C20H22N2O3S2. The third-order valence-corrected chi connectivity index (χ3v) is 6.45. The molecular weight excluding hydrogens is 380 g/mol. The fourth-order valence-electron chi connectivity index (χ4n) is 2.58. The van der Waals surface area contributed by atoms with E-state index >= 15 is 0 Å². The van der Waals surface area contributed by atoms with Gasteiger partial charge >= 0.3 is 0 Å². The number of para-hydroxylation sites is 1. The van der Waals surface area contributed by atoms with Gasteiger partial charge in [-0.2, -0.15) is 0 Å². The number of rotatable bonds is 8. The van der Waals surface area contributed by atoms with E-state index in [1.807, 2.05) is 43.3 Å². The molecule has 27 heavy (non-hydrogen) atoms. The number of amides is 1. The molecule has 0 bridgehead atoms. The number of methoxy groups -OCH3 is 2. The second-order valence-corrected chi connectivity index (χ2v) is 8.38. The van der Waals surface area contributed by atoms with Crippen LogP contribution in [0.5, 0.6) is 11.5 Å². The zero-order valence-electron chi connectivity index (χ0n) is 15.5. The summed E-state index contributed by atoms with van der Waals surface area (Å²) in [4.78, 5) is 17.0. The average molecular weight is 403 g/mol. The van der Waals surface area contributed by atoms with Crippen LogP contribution in [0.15, 0.2) is 42.5 Å². The van der Waals surface area contributed by atoms with Gasteiger partial charge < -0.3 is 14.8 Å². The number of thiazole rings is 1. The maximum absolute atomic E-state index is 12.4. The van der Waals surface area contributed by atoms with Crippen LogP contribution in [0.25, 0.3) is 10.2 Å². The van der Waals surface area contributed by atoms with Crippen LogP contribution in [-0.4, -0.2) is 30.4 Å². The minimum atomic E-state index is -0.155. The quantitative estimate of drug-likeness (QED) is 0.610. The van der Waals surface area contributed by atoms with Crippen LogP contribution >= 0.6 is 23.1 Å². The summed E-state index contributed by atoms with van der Waals surface area (Å²) in [5.74, 6) is 2.07. The summed E-state index contributed by atoms with van der Waals surface area (Å²) in [5, 5.41) is 3.86. The van der Waals surface area contributed by atoms with Crippen molar-refractivity contribution in [3.63, 3.8) is 0 Å². The Morgan fingerprint density at radius 1 is 1.19 bits per heavy atom. The fraction of sp³-hybridized carbons (Fsp3) is 0.300. The first kappa shape index (κ1) is 19.5. The third kappa shape index (κ3) is 4.93. The van der Waals surface area contributed by atoms with E-state index in [0.717, 1.165) is 21.8 Å². The number of nitrogens with zero attached hydrogens (tertiary/aromatic N) is 1. The first-order valence-corrected chi connectivity index (χ1v) is 10.4. The highest BCUT2D eigenvalue weighted by Crippen LogP contribution is 2.28. The lowest BCUT2D eigenvalue weighted by atomic mass is 10.2. The van der Waals surface area contributed by atoms with Crippen molar-refractivity contribution in [2.45, 2.75) is 24.5 Å². The molecule has 0 aliphatic heterocycles. The molecule has 0 saturated heterocycles. The summed E-state index contributed by atoms with van der Waals surface area (Å²) in [6.07, 6.45) is 0. The van der Waals surface area contributed by atoms with Crippen molar-refractivity contribution in [3.8, 4) is 11.5 Å². The largest absolute Gasteiger partial charge is 0.493 e. The van der Waals surface area contributed by atoms with Gasteiger partial charge in [0.05, 0.1) is 29.7 Å². The zero-order chi connectivity index (χ0) is 19.2. The van der Waals surface area contributed by atoms with E-state index in [9.17, 15) is 4.79 Å². The van der Waals surface area contributed by atoms with Gasteiger partial charge in [-0.25, -0.2) is 4.98 Å². The summed E-state index contributed by atoms with van der Waals surface area (Å²) in [6, 6.07) is 13.7. The molecule has 0 radical (unpaired) electrons. The summed E-state index contributed by atoms with van der Waals surface area (Å²) < 4.78 is 11.7. The third-order valence-electron chi connectivity index (χ3n) is 4.08. The molecule has 0 aliphatic carbocycles. The second kappa shape index (κ2) is 9.10. The molecule has 0 spiro atoms. The first-order valence-electron chi connectivity index (χ1n) is 8.55. The molecule has 2 aromatic carbocycles. The van der Waals surface area contributed by atoms with Crippen molar-refractivity contribution in [1.82, 2.24) is 10.3 Å². The molecule has 0 saturated carbocycles. The normalized spacial score (nSPS) is 12.0. The maximum Gasteiger partial charge on any atom is 0.233 e. The van der Waals surface area contributed by atoms with Crippen LogP contribution in [-0.2, 0) is 17.1 Å². The van der Waals surface area contributed by atoms with E-state index in [2.05, 4.69) is 16.4 Å². The van der Waals surface area contributed by atoms with Crippen LogP contribution in [0.2, 0.25) is 0 Å². The van der Waals surface area contributed by atoms with Crippen molar-refractivity contribution in [3.05, 3.63) is 53.0 Å². The summed E-state index contributed by atoms with van der Waals surface area (Å²) in [5.41, 5.74) is 1.98. The van der Waals surface area contributed by atoms with E-state index in [1.165, 1.54) is 4.70 Å². The van der Waals surface area contributed by atoms with Gasteiger partial charge in [0.1, 0.15) is 5.01 Å². The smallest absolute Gasteiger partial charge is 0.233 e. The van der Waals surface area contributed by atoms with Gasteiger partial charge in [-0.1, -0.05) is 18.2 Å². The zero-order valence-corrected chi connectivity index (χ0v) is 17.2. The van der Waals surface area contributed by atoms with E-state index in [-0.39, 0.29) is 11.2 Å². The Morgan fingerprint density at radius 3 is 2.70 bits per heavy atom. The number of ether oxygens (including phenoxy) is 2. The highest BCUT2D eigenvalue weighted by atomic mass is 32.2. The van der Waals surface area contributed by atoms with E-state index < -0.39 is 0 Å². The van der Waals surface area contributed by atoms with Gasteiger partial charge in [-0.15, -0.1) is 23.1 Å². The number of hydrogen-bond donors (Lipinski definition) is 1. The molecule has 1 amide bonds. The van der Waals surface area contributed by atoms with E-state index in [0.29, 0.717) is 18.0 Å². The lowest BCUT2D eigenvalue weighted by Gasteiger charge is -2.13. The van der Waals surface area contributed by atoms with Crippen molar-refractivity contribution in [2.75, 3.05) is 14.2 Å². The number of carbonyl (C=O) groups is 1. The maximum atomic E-state index is 12.4. The van der Waals surface area contributed by atoms with Gasteiger partial charge in [-0.3, -0.25) is 4.79 Å². The second-order valence-electron chi connectivity index (χ2n) is 5.94. The average Bonchev–Trinajstić information content (AvgIpc) is 3.12. The van der Waals surface area contributed by atoms with Gasteiger partial charge in [0.2, 0.25) is 5.91 Å². The van der Waals surface area contributed by atoms with Crippen LogP contribution in [0.1, 0.15) is 17.5 Å². The van der Waals surface area contributed by atoms with Crippen LogP contribution in [0, 0.1) is 0 Å². The van der Waals surface area contributed by atoms with Crippen molar-refractivity contribution < 1.29 is 14.3 Å². The highest BCUT2D eigenvalue weighted by molar-refractivity contribution is 7.99. The molecule has 7 heteroatoms. The van der Waals surface area contributed by atoms with E-state index in [1.54, 1.807) is 37.3 Å². The molecule has 1 aromatic heterocycles. The van der Waals surface area contributed by atoms with Crippen LogP contribution in [0.4, 0.5) is 0 Å². The number of thioether (sulfide) groups is 1. The van der Waals surface area contributed by atoms with E-state index in [4.69, 9.17) is 9.47 Å². The van der Waals surface area contributed by atoms with Gasteiger partial charge in [-0.05, 0) is 36.8 Å². The standard InChI is InChI=1S/C20H22N2O3S2/c1-13(26-12-19-22-15-6-4-5-7-18(15)27-19)20(23)21-11-14-8-9-16(24-2)17(10-14)25-3/h4-10,13H,11-12H2,1-3H3,(H,21,23). The lowest BCUT2D eigenvalue weighted by Crippen LogP contribution is -2.30. The number of aromatic nitrogens is 1. The molecule has 5 nitrogen and oxygen atoms in total. The van der Waals surface area contributed by atoms with Crippen LogP contribution < -0.4 is 14.8 Å². The summed E-state index contributed by atoms with van der Waals surface area (Å²) in [7, 11) is 3.20. The summed E-state index contributed by atoms with van der Waals surface area (Å²) >= 11 is 3.27. The minimum Gasteiger partial charge on any atom is -0.493 e. The first-order chi connectivity index (χ1) is 13.1. The molecule has 142 valence electrons. The van der Waals surface area contributed by atoms with Gasteiger partial charge in [0, 0.05) is 12.3 Å². The Morgan fingerprint density at radius 2 is 1.96 bits per heavy atom. The Labute approximate surface area is 167 Å². The topological polar surface area (TPSA) is 60.5 Å². The molecule has 1 N–H and O–H groups in total. The highest BCUT2D eigenvalue weighted by Gasteiger charge is 2.15. The molecule has 1 atom stereocenters. The number of hydrogen-bond acceptors (Lipinski definition) is 6. The molecule has 3 aromatic rings. The predicted octanol–water partition coefficient (Wildman–Crippen LogP) is 4.25. The Kier molecular flexibility index (Phi) is 6.58. The monoisotopic (exact) mass is 402 g/mol. The van der Waals surface area contributed by atoms with Crippen molar-refractivity contribution >= 4 is 39.2 Å².